The van der Waals surface area contributed by atoms with Gasteiger partial charge in [0.2, 0.25) is 0 Å². The minimum Gasteiger partial charge on any atom is -0.458 e. The predicted octanol–water partition coefficient (Wildman–Crippen LogP) is 2.78. The van der Waals surface area contributed by atoms with E-state index in [1.807, 2.05) is 0 Å². The van der Waals surface area contributed by atoms with Crippen molar-refractivity contribution in [2.75, 3.05) is 13.1 Å². The predicted molar refractivity (Wildman–Crippen MR) is 68.9 cm³/mol. The first kappa shape index (κ1) is 13.1. The molecule has 0 aliphatic rings. The quantitative estimate of drug-likeness (QED) is 0.803. The highest BCUT2D eigenvalue weighted by Crippen LogP contribution is 2.28. The highest BCUT2D eigenvalue weighted by molar-refractivity contribution is 5.78. The third-order valence-electron chi connectivity index (χ3n) is 2.91. The monoisotopic (exact) mass is 251 g/mol. The Hall–Kier alpha value is -1.39. The molecule has 1 heterocycles. The Balaban J connectivity index is 2.24. The van der Waals surface area contributed by atoms with Gasteiger partial charge in [-0.15, -0.1) is 0 Å². The summed E-state index contributed by atoms with van der Waals surface area (Å²) < 4.78 is 18.6. The van der Waals surface area contributed by atoms with Crippen LogP contribution in [0.2, 0.25) is 0 Å². The lowest BCUT2D eigenvalue weighted by Gasteiger charge is -2.20. The molecule has 2 aromatic rings. The number of nitrogens with one attached hydrogen (secondary N) is 1. The van der Waals surface area contributed by atoms with Gasteiger partial charge in [-0.1, -0.05) is 6.92 Å². The number of fused-ring (bicyclic) bond motifs is 1. The van der Waals surface area contributed by atoms with Crippen LogP contribution in [0, 0.1) is 5.82 Å². The minimum atomic E-state index is -1.09. The van der Waals surface area contributed by atoms with E-state index in [-0.39, 0.29) is 5.82 Å². The van der Waals surface area contributed by atoms with Crippen LogP contribution in [0.3, 0.4) is 0 Å². The summed E-state index contributed by atoms with van der Waals surface area (Å²) in [5.74, 6) is 0.144. The van der Waals surface area contributed by atoms with Gasteiger partial charge < -0.3 is 14.8 Å². The summed E-state index contributed by atoms with van der Waals surface area (Å²) in [7, 11) is 0. The Bertz CT molecular complexity index is 534. The van der Waals surface area contributed by atoms with Crippen molar-refractivity contribution >= 4 is 11.0 Å². The van der Waals surface area contributed by atoms with Crippen molar-refractivity contribution in [3.63, 3.8) is 0 Å². The Morgan fingerprint density at radius 1 is 1.39 bits per heavy atom. The number of aliphatic hydroxyl groups is 1. The molecule has 1 aromatic heterocycles. The van der Waals surface area contributed by atoms with Crippen LogP contribution in [0.5, 0.6) is 0 Å². The lowest BCUT2D eigenvalue weighted by Crippen LogP contribution is -2.35. The van der Waals surface area contributed by atoms with Crippen molar-refractivity contribution in [1.82, 2.24) is 5.32 Å². The van der Waals surface area contributed by atoms with Gasteiger partial charge in [-0.3, -0.25) is 0 Å². The summed E-state index contributed by atoms with van der Waals surface area (Å²) in [5, 5.41) is 14.1. The standard InChI is InChI=1S/C14H18FNO2/c1-3-6-16-9-14(2,17)13-8-10-7-11(15)4-5-12(10)18-13/h4-5,7-8,16-17H,3,6,9H2,1-2H3. The number of rotatable bonds is 5. The van der Waals surface area contributed by atoms with Gasteiger partial charge in [0.25, 0.3) is 0 Å². The number of halogens is 1. The summed E-state index contributed by atoms with van der Waals surface area (Å²) in [6, 6.07) is 6.01. The van der Waals surface area contributed by atoms with E-state index in [0.717, 1.165) is 13.0 Å². The molecule has 0 aliphatic carbocycles. The van der Waals surface area contributed by atoms with Gasteiger partial charge in [-0.05, 0) is 44.2 Å². The van der Waals surface area contributed by atoms with Gasteiger partial charge in [-0.25, -0.2) is 4.39 Å². The Morgan fingerprint density at radius 2 is 2.17 bits per heavy atom. The molecule has 1 unspecified atom stereocenters. The lowest BCUT2D eigenvalue weighted by molar-refractivity contribution is 0.0361. The van der Waals surface area contributed by atoms with Crippen molar-refractivity contribution in [3.05, 3.63) is 35.8 Å². The van der Waals surface area contributed by atoms with Crippen molar-refractivity contribution in [2.45, 2.75) is 25.9 Å². The molecule has 4 heteroatoms. The first-order chi connectivity index (χ1) is 8.53. The molecular formula is C14H18FNO2. The first-order valence-corrected chi connectivity index (χ1v) is 6.15. The van der Waals surface area contributed by atoms with Crippen LogP contribution >= 0.6 is 0 Å². The maximum atomic E-state index is 13.1. The molecule has 1 atom stereocenters. The van der Waals surface area contributed by atoms with Crippen LogP contribution in [-0.4, -0.2) is 18.2 Å². The zero-order valence-electron chi connectivity index (χ0n) is 10.7. The molecule has 0 radical (unpaired) electrons. The van der Waals surface area contributed by atoms with E-state index < -0.39 is 5.60 Å². The third kappa shape index (κ3) is 2.71. The van der Waals surface area contributed by atoms with E-state index in [0.29, 0.717) is 23.3 Å². The molecule has 3 nitrogen and oxygen atoms in total. The van der Waals surface area contributed by atoms with Gasteiger partial charge in [-0.2, -0.15) is 0 Å². The largest absolute Gasteiger partial charge is 0.458 e. The molecule has 0 aliphatic heterocycles. The maximum absolute atomic E-state index is 13.1. The van der Waals surface area contributed by atoms with Crippen LogP contribution in [0.1, 0.15) is 26.0 Å². The maximum Gasteiger partial charge on any atom is 0.137 e. The second-order valence-corrected chi connectivity index (χ2v) is 4.74. The van der Waals surface area contributed by atoms with Crippen LogP contribution in [0.15, 0.2) is 28.7 Å². The fraction of sp³-hybridized carbons (Fsp3) is 0.429. The fourth-order valence-electron chi connectivity index (χ4n) is 1.88. The van der Waals surface area contributed by atoms with Gasteiger partial charge in [0.05, 0.1) is 0 Å². The molecule has 0 saturated heterocycles. The van der Waals surface area contributed by atoms with Crippen molar-refractivity contribution in [1.29, 1.82) is 0 Å². The topological polar surface area (TPSA) is 45.4 Å². The van der Waals surface area contributed by atoms with Gasteiger partial charge in [0.15, 0.2) is 0 Å². The third-order valence-corrected chi connectivity index (χ3v) is 2.91. The van der Waals surface area contributed by atoms with Gasteiger partial charge in [0, 0.05) is 11.9 Å². The molecule has 18 heavy (non-hydrogen) atoms. The smallest absolute Gasteiger partial charge is 0.137 e. The normalized spacial score (nSPS) is 14.9. The molecule has 2 N–H and O–H groups in total. The summed E-state index contributed by atoms with van der Waals surface area (Å²) in [4.78, 5) is 0. The van der Waals surface area contributed by atoms with E-state index in [4.69, 9.17) is 4.42 Å². The number of benzene rings is 1. The van der Waals surface area contributed by atoms with Crippen LogP contribution in [0.25, 0.3) is 11.0 Å². The van der Waals surface area contributed by atoms with E-state index >= 15 is 0 Å². The van der Waals surface area contributed by atoms with Crippen LogP contribution in [0.4, 0.5) is 4.39 Å². The molecule has 1 aromatic carbocycles. The van der Waals surface area contributed by atoms with Crippen LogP contribution < -0.4 is 5.32 Å². The van der Waals surface area contributed by atoms with Gasteiger partial charge >= 0.3 is 0 Å². The van der Waals surface area contributed by atoms with E-state index in [2.05, 4.69) is 12.2 Å². The molecule has 98 valence electrons. The molecule has 0 amide bonds. The Morgan fingerprint density at radius 3 is 2.89 bits per heavy atom. The minimum absolute atomic E-state index is 0.307. The SMILES string of the molecule is CCCNCC(C)(O)c1cc2cc(F)ccc2o1. The summed E-state index contributed by atoms with van der Waals surface area (Å²) in [6.45, 7) is 4.99. The van der Waals surface area contributed by atoms with Crippen LogP contribution in [-0.2, 0) is 5.60 Å². The molecule has 0 bridgehead atoms. The van der Waals surface area contributed by atoms with Crippen molar-refractivity contribution in [3.8, 4) is 0 Å². The van der Waals surface area contributed by atoms with Crippen molar-refractivity contribution < 1.29 is 13.9 Å². The molecule has 0 saturated carbocycles. The molecule has 0 spiro atoms. The highest BCUT2D eigenvalue weighted by Gasteiger charge is 2.26. The average Bonchev–Trinajstić information content (AvgIpc) is 2.72. The van der Waals surface area contributed by atoms with E-state index in [1.165, 1.54) is 12.1 Å². The second kappa shape index (κ2) is 5.08. The first-order valence-electron chi connectivity index (χ1n) is 6.15. The summed E-state index contributed by atoms with van der Waals surface area (Å²) in [5.41, 5.74) is -0.507. The highest BCUT2D eigenvalue weighted by atomic mass is 19.1. The molecule has 2 rings (SSSR count). The average molecular weight is 251 g/mol. The molecule has 0 fully saturated rings. The number of hydrogen-bond donors (Lipinski definition) is 2. The Labute approximate surface area is 106 Å². The summed E-state index contributed by atoms with van der Waals surface area (Å²) >= 11 is 0. The Kier molecular flexibility index (Phi) is 3.68. The zero-order valence-corrected chi connectivity index (χ0v) is 10.7. The van der Waals surface area contributed by atoms with Gasteiger partial charge in [0.1, 0.15) is 22.8 Å². The van der Waals surface area contributed by atoms with Crippen molar-refractivity contribution in [2.24, 2.45) is 0 Å². The number of furan rings is 1. The fourth-order valence-corrected chi connectivity index (χ4v) is 1.88. The second-order valence-electron chi connectivity index (χ2n) is 4.74. The number of hydrogen-bond acceptors (Lipinski definition) is 3. The summed E-state index contributed by atoms with van der Waals surface area (Å²) in [6.07, 6.45) is 1.00. The van der Waals surface area contributed by atoms with E-state index in [1.54, 1.807) is 19.1 Å². The van der Waals surface area contributed by atoms with E-state index in [9.17, 15) is 9.50 Å². The lowest BCUT2D eigenvalue weighted by atomic mass is 10.0. The zero-order chi connectivity index (χ0) is 13.2. The molecular weight excluding hydrogens is 233 g/mol.